The predicted octanol–water partition coefficient (Wildman–Crippen LogP) is 5.49. The number of halogens is 1. The fourth-order valence-corrected chi connectivity index (χ4v) is 2.88. The van der Waals surface area contributed by atoms with Crippen molar-refractivity contribution >= 4 is 35.1 Å². The topological polar surface area (TPSA) is 82.6 Å². The van der Waals surface area contributed by atoms with Crippen LogP contribution in [-0.4, -0.2) is 10.9 Å². The molecule has 1 aromatic heterocycles. The molecule has 0 saturated heterocycles. The maximum absolute atomic E-state index is 12.1. The Morgan fingerprint density at radius 1 is 1.00 bits per heavy atom. The van der Waals surface area contributed by atoms with Crippen LogP contribution in [0, 0.1) is 10.1 Å². The zero-order valence-electron chi connectivity index (χ0n) is 14.3. The molecule has 0 aliphatic carbocycles. The first-order chi connectivity index (χ1) is 13.5. The normalized spacial score (nSPS) is 14.8. The van der Waals surface area contributed by atoms with Gasteiger partial charge in [0, 0.05) is 28.3 Å². The van der Waals surface area contributed by atoms with E-state index in [2.05, 4.69) is 0 Å². The first kappa shape index (κ1) is 17.8. The van der Waals surface area contributed by atoms with Crippen molar-refractivity contribution in [1.29, 1.82) is 0 Å². The number of benzene rings is 2. The van der Waals surface area contributed by atoms with E-state index < -0.39 is 10.9 Å². The summed E-state index contributed by atoms with van der Waals surface area (Å²) in [6.45, 7) is 0. The summed E-state index contributed by atoms with van der Waals surface area (Å²) >= 11 is 5.87. The fraction of sp³-hybridized carbons (Fsp3) is 0. The average Bonchev–Trinajstić information content (AvgIpc) is 3.30. The minimum absolute atomic E-state index is 0.0243. The molecule has 0 amide bonds. The van der Waals surface area contributed by atoms with Crippen LogP contribution in [0.3, 0.4) is 0 Å². The quantitative estimate of drug-likeness (QED) is 0.253. The Bertz CT molecular complexity index is 1140. The Hall–Kier alpha value is -3.64. The Kier molecular flexibility index (Phi) is 4.55. The van der Waals surface area contributed by atoms with Gasteiger partial charge in [-0.05, 0) is 48.6 Å². The molecule has 1 aliphatic rings. The number of esters is 1. The van der Waals surface area contributed by atoms with Crippen molar-refractivity contribution in [3.05, 3.63) is 98.8 Å². The third-order valence-electron chi connectivity index (χ3n) is 4.12. The van der Waals surface area contributed by atoms with Gasteiger partial charge in [0.1, 0.15) is 17.3 Å². The van der Waals surface area contributed by atoms with E-state index in [1.807, 2.05) is 0 Å². The van der Waals surface area contributed by atoms with E-state index in [0.29, 0.717) is 33.4 Å². The first-order valence-corrected chi connectivity index (χ1v) is 8.63. The molecule has 0 fully saturated rings. The largest absolute Gasteiger partial charge is 0.457 e. The molecule has 0 radical (unpaired) electrons. The molecule has 0 saturated carbocycles. The summed E-state index contributed by atoms with van der Waals surface area (Å²) in [5.41, 5.74) is 1.62. The van der Waals surface area contributed by atoms with Gasteiger partial charge in [0.2, 0.25) is 0 Å². The molecule has 0 unspecified atom stereocenters. The lowest BCUT2D eigenvalue weighted by atomic mass is 10.1. The van der Waals surface area contributed by atoms with Gasteiger partial charge in [0.05, 0.1) is 10.5 Å². The van der Waals surface area contributed by atoms with Gasteiger partial charge >= 0.3 is 5.97 Å². The second kappa shape index (κ2) is 7.17. The number of nitrogens with zero attached hydrogens (tertiary/aromatic N) is 1. The van der Waals surface area contributed by atoms with Crippen LogP contribution < -0.4 is 0 Å². The number of nitro groups is 1. The van der Waals surface area contributed by atoms with Gasteiger partial charge in [0.25, 0.3) is 5.69 Å². The van der Waals surface area contributed by atoms with Crippen molar-refractivity contribution in [2.24, 2.45) is 0 Å². The maximum atomic E-state index is 12.1. The van der Waals surface area contributed by atoms with Crippen molar-refractivity contribution in [2.45, 2.75) is 0 Å². The van der Waals surface area contributed by atoms with Crippen LogP contribution in [0.2, 0.25) is 5.02 Å². The summed E-state index contributed by atoms with van der Waals surface area (Å²) in [7, 11) is 0. The predicted molar refractivity (Wildman–Crippen MR) is 104 cm³/mol. The number of carbonyl (C=O) groups is 1. The molecule has 3 aromatic rings. The van der Waals surface area contributed by atoms with E-state index in [0.717, 1.165) is 5.56 Å². The van der Waals surface area contributed by atoms with Gasteiger partial charge in [-0.15, -0.1) is 0 Å². The van der Waals surface area contributed by atoms with Gasteiger partial charge < -0.3 is 9.15 Å². The van der Waals surface area contributed by atoms with Crippen LogP contribution >= 0.6 is 11.6 Å². The van der Waals surface area contributed by atoms with Gasteiger partial charge in [-0.25, -0.2) is 4.79 Å². The fourth-order valence-electron chi connectivity index (χ4n) is 2.76. The molecule has 0 N–H and O–H groups in total. The van der Waals surface area contributed by atoms with Crippen LogP contribution in [0.15, 0.2) is 76.7 Å². The summed E-state index contributed by atoms with van der Waals surface area (Å²) in [5, 5.41) is 11.5. The maximum Gasteiger partial charge on any atom is 0.343 e. The zero-order chi connectivity index (χ0) is 19.7. The first-order valence-electron chi connectivity index (χ1n) is 8.26. The van der Waals surface area contributed by atoms with E-state index in [-0.39, 0.29) is 5.69 Å². The molecule has 2 aromatic carbocycles. The van der Waals surface area contributed by atoms with Crippen molar-refractivity contribution in [3.63, 3.8) is 0 Å². The molecular formula is C21H12ClNO5. The van der Waals surface area contributed by atoms with Crippen LogP contribution in [0.1, 0.15) is 11.3 Å². The van der Waals surface area contributed by atoms with Gasteiger partial charge in [-0.2, -0.15) is 0 Å². The van der Waals surface area contributed by atoms with Crippen LogP contribution in [0.4, 0.5) is 5.69 Å². The molecule has 2 heterocycles. The number of furan rings is 1. The molecule has 138 valence electrons. The summed E-state index contributed by atoms with van der Waals surface area (Å²) < 4.78 is 11.0. The van der Waals surface area contributed by atoms with E-state index in [4.69, 9.17) is 20.8 Å². The molecule has 0 spiro atoms. The summed E-state index contributed by atoms with van der Waals surface area (Å²) in [4.78, 5) is 22.6. The van der Waals surface area contributed by atoms with Crippen molar-refractivity contribution in [3.8, 4) is 11.3 Å². The highest BCUT2D eigenvalue weighted by atomic mass is 35.5. The number of ether oxygens (including phenoxy) is 1. The molecule has 7 heteroatoms. The second-order valence-electron chi connectivity index (χ2n) is 6.01. The highest BCUT2D eigenvalue weighted by molar-refractivity contribution is 6.30. The SMILES string of the molecule is O=C1OC(c2ccc(Cl)cc2)=C/C1=C\c1ccc(-c2cccc([N+](=O)[O-])c2)o1. The lowest BCUT2D eigenvalue weighted by molar-refractivity contribution is -0.384. The zero-order valence-corrected chi connectivity index (χ0v) is 15.1. The number of hydrogen-bond donors (Lipinski definition) is 0. The Balaban J connectivity index is 1.61. The lowest BCUT2D eigenvalue weighted by Crippen LogP contribution is -1.96. The number of rotatable bonds is 4. The van der Waals surface area contributed by atoms with E-state index in [1.54, 1.807) is 60.7 Å². The van der Waals surface area contributed by atoms with Gasteiger partial charge in [-0.3, -0.25) is 10.1 Å². The number of non-ortho nitro benzene ring substituents is 1. The monoisotopic (exact) mass is 393 g/mol. The van der Waals surface area contributed by atoms with E-state index in [9.17, 15) is 14.9 Å². The standard InChI is InChI=1S/C21H12ClNO5/c22-16-6-4-13(5-7-16)20-12-15(21(24)28-20)11-18-8-9-19(27-18)14-2-1-3-17(10-14)23(25)26/h1-12H/b15-11+. The van der Waals surface area contributed by atoms with E-state index >= 15 is 0 Å². The number of nitro benzene ring substituents is 1. The van der Waals surface area contributed by atoms with Crippen LogP contribution in [-0.2, 0) is 9.53 Å². The average molecular weight is 394 g/mol. The third-order valence-corrected chi connectivity index (χ3v) is 4.37. The minimum atomic E-state index is -0.488. The molecule has 0 atom stereocenters. The summed E-state index contributed by atoms with van der Waals surface area (Å²) in [6.07, 6.45) is 3.19. The second-order valence-corrected chi connectivity index (χ2v) is 6.45. The van der Waals surface area contributed by atoms with Gasteiger partial charge in [-0.1, -0.05) is 23.7 Å². The third kappa shape index (κ3) is 3.58. The lowest BCUT2D eigenvalue weighted by Gasteiger charge is -2.01. The number of carbonyl (C=O) groups excluding carboxylic acids is 1. The summed E-state index contributed by atoms with van der Waals surface area (Å²) in [6, 6.07) is 16.5. The highest BCUT2D eigenvalue weighted by Gasteiger charge is 2.22. The molecule has 0 bridgehead atoms. The highest BCUT2D eigenvalue weighted by Crippen LogP contribution is 2.30. The van der Waals surface area contributed by atoms with Crippen molar-refractivity contribution in [1.82, 2.24) is 0 Å². The molecule has 1 aliphatic heterocycles. The van der Waals surface area contributed by atoms with Crippen LogP contribution in [0.5, 0.6) is 0 Å². The summed E-state index contributed by atoms with van der Waals surface area (Å²) in [5.74, 6) is 0.836. The van der Waals surface area contributed by atoms with Gasteiger partial charge in [0.15, 0.2) is 0 Å². The Morgan fingerprint density at radius 2 is 1.79 bits per heavy atom. The number of hydrogen-bond acceptors (Lipinski definition) is 5. The molecule has 6 nitrogen and oxygen atoms in total. The Labute approximate surface area is 164 Å². The molecular weight excluding hydrogens is 382 g/mol. The number of cyclic esters (lactones) is 1. The van der Waals surface area contributed by atoms with E-state index in [1.165, 1.54) is 12.1 Å². The molecule has 4 rings (SSSR count). The Morgan fingerprint density at radius 3 is 2.54 bits per heavy atom. The van der Waals surface area contributed by atoms with Crippen molar-refractivity contribution < 1.29 is 18.9 Å². The van der Waals surface area contributed by atoms with Crippen molar-refractivity contribution in [2.75, 3.05) is 0 Å². The van der Waals surface area contributed by atoms with Crippen LogP contribution in [0.25, 0.3) is 23.2 Å². The smallest absolute Gasteiger partial charge is 0.343 e. The minimum Gasteiger partial charge on any atom is -0.457 e. The molecule has 28 heavy (non-hydrogen) atoms.